The standard InChI is InChI=1S/C30H19ClSi/c31-26-16-5-1-10-20(26)24-14-9-15-25-23-13-4-8-19-29(23)32(30(24)25)27-17-6-2-11-21(27)22-12-3-7-18-28(22)32/h1-19H. The molecule has 0 amide bonds. The monoisotopic (exact) mass is 442 g/mol. The average Bonchev–Trinajstić information content (AvgIpc) is 3.32. The molecule has 0 bridgehead atoms. The number of fused-ring (bicyclic) bond motifs is 10. The molecule has 0 saturated carbocycles. The minimum absolute atomic E-state index is 0.806. The van der Waals surface area contributed by atoms with Gasteiger partial charge in [-0.05, 0) is 54.6 Å². The van der Waals surface area contributed by atoms with Crippen LogP contribution in [0.15, 0.2) is 115 Å². The summed E-state index contributed by atoms with van der Waals surface area (Å²) in [5.74, 6) is 0. The van der Waals surface area contributed by atoms with Crippen molar-refractivity contribution in [3.05, 3.63) is 120 Å². The summed E-state index contributed by atoms with van der Waals surface area (Å²) >= 11 is 6.78. The molecule has 0 N–H and O–H groups in total. The second-order valence-corrected chi connectivity index (χ2v) is 12.6. The maximum atomic E-state index is 6.78. The molecule has 0 unspecified atom stereocenters. The van der Waals surface area contributed by atoms with Gasteiger partial charge in [0.05, 0.1) is 0 Å². The molecule has 1 spiro atoms. The van der Waals surface area contributed by atoms with E-state index in [1.165, 1.54) is 48.6 Å². The molecular formula is C30H19ClSi. The van der Waals surface area contributed by atoms with Gasteiger partial charge in [-0.2, -0.15) is 0 Å². The van der Waals surface area contributed by atoms with Crippen molar-refractivity contribution in [2.24, 2.45) is 0 Å². The van der Waals surface area contributed by atoms with Gasteiger partial charge in [-0.1, -0.05) is 121 Å². The van der Waals surface area contributed by atoms with Crippen LogP contribution in [-0.2, 0) is 0 Å². The minimum atomic E-state index is -2.46. The lowest BCUT2D eigenvalue weighted by Crippen LogP contribution is -2.71. The Morgan fingerprint density at radius 1 is 0.375 bits per heavy atom. The molecule has 5 aromatic rings. The highest BCUT2D eigenvalue weighted by Crippen LogP contribution is 2.39. The summed E-state index contributed by atoms with van der Waals surface area (Å²) in [6.45, 7) is 0. The largest absolute Gasteiger partial charge is 0.182 e. The first-order valence-corrected chi connectivity index (χ1v) is 13.4. The Labute approximate surface area is 193 Å². The molecule has 5 aromatic carbocycles. The Hall–Kier alpha value is -3.39. The molecular weight excluding hydrogens is 424 g/mol. The molecule has 32 heavy (non-hydrogen) atoms. The van der Waals surface area contributed by atoms with Crippen LogP contribution in [0, 0.1) is 0 Å². The van der Waals surface area contributed by atoms with E-state index in [9.17, 15) is 0 Å². The molecule has 2 heteroatoms. The lowest BCUT2D eigenvalue weighted by atomic mass is 9.99. The number of rotatable bonds is 1. The highest BCUT2D eigenvalue weighted by atomic mass is 35.5. The van der Waals surface area contributed by atoms with E-state index in [0.29, 0.717) is 0 Å². The van der Waals surface area contributed by atoms with Gasteiger partial charge in [0.25, 0.3) is 0 Å². The summed E-state index contributed by atoms with van der Waals surface area (Å²) in [5, 5.41) is 6.76. The van der Waals surface area contributed by atoms with Gasteiger partial charge in [0.1, 0.15) is 0 Å². The van der Waals surface area contributed by atoms with E-state index in [4.69, 9.17) is 11.6 Å². The minimum Gasteiger partial charge on any atom is -0.0837 e. The second-order valence-electron chi connectivity index (χ2n) is 8.59. The van der Waals surface area contributed by atoms with Gasteiger partial charge in [0.15, 0.2) is 8.07 Å². The maximum absolute atomic E-state index is 6.78. The highest BCUT2D eigenvalue weighted by Gasteiger charge is 2.54. The molecule has 7 rings (SSSR count). The summed E-state index contributed by atoms with van der Waals surface area (Å²) in [6.07, 6.45) is 0. The van der Waals surface area contributed by atoms with Crippen molar-refractivity contribution in [3.63, 3.8) is 0 Å². The lowest BCUT2D eigenvalue weighted by Gasteiger charge is -2.29. The van der Waals surface area contributed by atoms with E-state index in [-0.39, 0.29) is 0 Å². The third-order valence-electron chi connectivity index (χ3n) is 7.18. The zero-order valence-electron chi connectivity index (χ0n) is 17.3. The van der Waals surface area contributed by atoms with Crippen LogP contribution in [0.4, 0.5) is 0 Å². The van der Waals surface area contributed by atoms with Crippen molar-refractivity contribution >= 4 is 40.4 Å². The second kappa shape index (κ2) is 6.55. The van der Waals surface area contributed by atoms with Crippen molar-refractivity contribution < 1.29 is 0 Å². The van der Waals surface area contributed by atoms with E-state index in [0.717, 1.165) is 10.6 Å². The summed E-state index contributed by atoms with van der Waals surface area (Å²) in [4.78, 5) is 0. The van der Waals surface area contributed by atoms with Crippen LogP contribution < -0.4 is 20.7 Å². The summed E-state index contributed by atoms with van der Waals surface area (Å²) in [6, 6.07) is 42.2. The Kier molecular flexibility index (Phi) is 3.73. The smallest absolute Gasteiger partial charge is 0.0837 e. The predicted octanol–water partition coefficient (Wildman–Crippen LogP) is 5.35. The predicted molar refractivity (Wildman–Crippen MR) is 138 cm³/mol. The van der Waals surface area contributed by atoms with E-state index >= 15 is 0 Å². The van der Waals surface area contributed by atoms with Gasteiger partial charge in [-0.15, -0.1) is 0 Å². The van der Waals surface area contributed by atoms with Crippen LogP contribution in [0.2, 0.25) is 5.02 Å². The molecule has 2 aliphatic rings. The topological polar surface area (TPSA) is 0 Å². The normalized spacial score (nSPS) is 14.0. The van der Waals surface area contributed by atoms with Crippen molar-refractivity contribution in [1.29, 1.82) is 0 Å². The third kappa shape index (κ3) is 2.13. The maximum Gasteiger partial charge on any atom is 0.182 e. The third-order valence-corrected chi connectivity index (χ3v) is 12.5. The van der Waals surface area contributed by atoms with Gasteiger partial charge >= 0.3 is 0 Å². The summed E-state index contributed by atoms with van der Waals surface area (Å²) < 4.78 is 0. The van der Waals surface area contributed by atoms with Crippen LogP contribution in [0.1, 0.15) is 0 Å². The van der Waals surface area contributed by atoms with E-state index in [2.05, 4.69) is 103 Å². The highest BCUT2D eigenvalue weighted by molar-refractivity contribution is 7.24. The van der Waals surface area contributed by atoms with E-state index in [1.807, 2.05) is 12.1 Å². The number of hydrogen-bond acceptors (Lipinski definition) is 0. The fraction of sp³-hybridized carbons (Fsp3) is 0. The Bertz CT molecular complexity index is 1490. The molecule has 0 atom stereocenters. The number of benzene rings is 5. The summed E-state index contributed by atoms with van der Waals surface area (Å²) in [7, 11) is -2.46. The first kappa shape index (κ1) is 18.2. The molecule has 2 aliphatic heterocycles. The average molecular weight is 443 g/mol. The molecule has 0 aromatic heterocycles. The number of halogens is 1. The van der Waals surface area contributed by atoms with Crippen LogP contribution in [0.25, 0.3) is 33.4 Å². The van der Waals surface area contributed by atoms with Crippen molar-refractivity contribution in [1.82, 2.24) is 0 Å². The number of hydrogen-bond donors (Lipinski definition) is 0. The van der Waals surface area contributed by atoms with Crippen LogP contribution in [0.5, 0.6) is 0 Å². The molecule has 150 valence electrons. The van der Waals surface area contributed by atoms with Gasteiger partial charge in [0, 0.05) is 10.6 Å². The van der Waals surface area contributed by atoms with Gasteiger partial charge in [-0.3, -0.25) is 0 Å². The van der Waals surface area contributed by atoms with E-state index < -0.39 is 8.07 Å². The van der Waals surface area contributed by atoms with Crippen molar-refractivity contribution in [2.75, 3.05) is 0 Å². The molecule has 0 nitrogen and oxygen atoms in total. The zero-order chi connectivity index (χ0) is 21.3. The Morgan fingerprint density at radius 2 is 0.750 bits per heavy atom. The fourth-order valence-electron chi connectivity index (χ4n) is 6.06. The van der Waals surface area contributed by atoms with Crippen LogP contribution in [0.3, 0.4) is 0 Å². The zero-order valence-corrected chi connectivity index (χ0v) is 19.1. The molecule has 2 heterocycles. The first-order chi connectivity index (χ1) is 15.8. The summed E-state index contributed by atoms with van der Waals surface area (Å²) in [5.41, 5.74) is 7.87. The van der Waals surface area contributed by atoms with Gasteiger partial charge < -0.3 is 0 Å². The van der Waals surface area contributed by atoms with Gasteiger partial charge in [0.2, 0.25) is 0 Å². The lowest BCUT2D eigenvalue weighted by molar-refractivity contribution is 1.64. The van der Waals surface area contributed by atoms with Crippen molar-refractivity contribution in [3.8, 4) is 33.4 Å². The molecule has 0 saturated heterocycles. The SMILES string of the molecule is Clc1ccccc1-c1cccc2c1[Si]1(c3ccccc3-c3ccccc31)c1ccccc1-2. The van der Waals surface area contributed by atoms with Gasteiger partial charge in [-0.25, -0.2) is 0 Å². The molecule has 0 radical (unpaired) electrons. The van der Waals surface area contributed by atoms with Crippen LogP contribution >= 0.6 is 11.6 Å². The molecule has 0 fully saturated rings. The van der Waals surface area contributed by atoms with E-state index in [1.54, 1.807) is 0 Å². The Morgan fingerprint density at radius 3 is 1.28 bits per heavy atom. The fourth-order valence-corrected chi connectivity index (χ4v) is 12.1. The van der Waals surface area contributed by atoms with Crippen LogP contribution in [-0.4, -0.2) is 8.07 Å². The Balaban J connectivity index is 1.72. The van der Waals surface area contributed by atoms with Crippen molar-refractivity contribution in [2.45, 2.75) is 0 Å². The quantitative estimate of drug-likeness (QED) is 0.301. The first-order valence-electron chi connectivity index (χ1n) is 11.0. The molecule has 0 aliphatic carbocycles.